The lowest BCUT2D eigenvalue weighted by Crippen LogP contribution is -1.97. The summed E-state index contributed by atoms with van der Waals surface area (Å²) >= 11 is 1.61. The van der Waals surface area contributed by atoms with E-state index in [1.165, 1.54) is 12.1 Å². The molecule has 21 heavy (non-hydrogen) atoms. The van der Waals surface area contributed by atoms with Crippen LogP contribution in [0.5, 0.6) is 11.5 Å². The van der Waals surface area contributed by atoms with Gasteiger partial charge < -0.3 is 9.84 Å². The predicted octanol–water partition coefficient (Wildman–Crippen LogP) is 4.16. The highest BCUT2D eigenvalue weighted by Crippen LogP contribution is 2.34. The smallest absolute Gasteiger partial charge is 0.311 e. The largest absolute Gasteiger partial charge is 0.450 e. The number of hydrogen-bond donors (Lipinski definition) is 1. The Hall–Kier alpha value is -2.05. The molecule has 2 aromatic carbocycles. The Morgan fingerprint density at radius 2 is 1.90 bits per heavy atom. The Morgan fingerprint density at radius 1 is 1.24 bits per heavy atom. The number of ether oxygens (including phenoxy) is 1. The fourth-order valence-corrected chi connectivity index (χ4v) is 2.20. The number of nitrogens with zero attached hydrogens (tertiary/aromatic N) is 1. The van der Waals surface area contributed by atoms with Crippen LogP contribution in [-0.2, 0) is 0 Å². The van der Waals surface area contributed by atoms with Gasteiger partial charge in [-0.2, -0.15) is 0 Å². The second-order valence-electron chi connectivity index (χ2n) is 4.44. The molecule has 1 atom stereocenters. The summed E-state index contributed by atoms with van der Waals surface area (Å²) in [6.07, 6.45) is 1.20. The number of aliphatic hydroxyl groups is 1. The Morgan fingerprint density at radius 3 is 2.43 bits per heavy atom. The third-order valence-electron chi connectivity index (χ3n) is 2.95. The molecule has 0 aliphatic rings. The van der Waals surface area contributed by atoms with Gasteiger partial charge in [0.2, 0.25) is 5.75 Å². The zero-order chi connectivity index (χ0) is 15.4. The van der Waals surface area contributed by atoms with E-state index in [1.807, 2.05) is 18.4 Å². The minimum Gasteiger partial charge on any atom is -0.450 e. The first-order chi connectivity index (χ1) is 10.0. The van der Waals surface area contributed by atoms with Crippen molar-refractivity contribution < 1.29 is 14.8 Å². The highest BCUT2D eigenvalue weighted by atomic mass is 32.2. The molecule has 1 unspecified atom stereocenters. The van der Waals surface area contributed by atoms with E-state index >= 15 is 0 Å². The lowest BCUT2D eigenvalue weighted by molar-refractivity contribution is -0.385. The van der Waals surface area contributed by atoms with Crippen LogP contribution in [0.4, 0.5) is 5.69 Å². The fourth-order valence-electron chi connectivity index (χ4n) is 1.79. The van der Waals surface area contributed by atoms with Crippen LogP contribution < -0.4 is 4.74 Å². The van der Waals surface area contributed by atoms with E-state index in [4.69, 9.17) is 4.74 Å². The molecular formula is C15H15NO4S. The summed E-state index contributed by atoms with van der Waals surface area (Å²) in [4.78, 5) is 11.7. The summed E-state index contributed by atoms with van der Waals surface area (Å²) in [5.41, 5.74) is 0.314. The minimum atomic E-state index is -0.765. The number of nitro benzene ring substituents is 1. The van der Waals surface area contributed by atoms with E-state index in [2.05, 4.69) is 0 Å². The molecule has 0 aliphatic carbocycles. The van der Waals surface area contributed by atoms with Crippen molar-refractivity contribution >= 4 is 17.4 Å². The van der Waals surface area contributed by atoms with Gasteiger partial charge >= 0.3 is 5.69 Å². The van der Waals surface area contributed by atoms with Crippen molar-refractivity contribution in [3.63, 3.8) is 0 Å². The summed E-state index contributed by atoms with van der Waals surface area (Å²) in [5, 5.41) is 20.6. The first kappa shape index (κ1) is 15.3. The molecule has 0 spiro atoms. The zero-order valence-corrected chi connectivity index (χ0v) is 12.5. The van der Waals surface area contributed by atoms with E-state index < -0.39 is 11.0 Å². The van der Waals surface area contributed by atoms with Gasteiger partial charge in [0.1, 0.15) is 5.75 Å². The van der Waals surface area contributed by atoms with Crippen molar-refractivity contribution in [2.45, 2.75) is 17.9 Å². The summed E-state index contributed by atoms with van der Waals surface area (Å²) in [6, 6.07) is 11.7. The molecule has 0 radical (unpaired) electrons. The van der Waals surface area contributed by atoms with Crippen molar-refractivity contribution in [1.29, 1.82) is 0 Å². The van der Waals surface area contributed by atoms with Crippen molar-refractivity contribution in [3.05, 3.63) is 58.1 Å². The van der Waals surface area contributed by atoms with E-state index in [-0.39, 0.29) is 11.4 Å². The summed E-state index contributed by atoms with van der Waals surface area (Å²) in [6.45, 7) is 1.56. The molecule has 5 nitrogen and oxygen atoms in total. The van der Waals surface area contributed by atoms with Crippen LogP contribution in [0.3, 0.4) is 0 Å². The molecule has 110 valence electrons. The third kappa shape index (κ3) is 3.74. The van der Waals surface area contributed by atoms with Crippen molar-refractivity contribution in [1.82, 2.24) is 0 Å². The minimum absolute atomic E-state index is 0.154. The van der Waals surface area contributed by atoms with Crippen molar-refractivity contribution in [2.75, 3.05) is 6.26 Å². The van der Waals surface area contributed by atoms with Crippen LogP contribution >= 0.6 is 11.8 Å². The van der Waals surface area contributed by atoms with Crippen LogP contribution in [0, 0.1) is 10.1 Å². The van der Waals surface area contributed by atoms with Gasteiger partial charge in [0.25, 0.3) is 0 Å². The number of aliphatic hydroxyl groups excluding tert-OH is 1. The Bertz CT molecular complexity index is 641. The maximum Gasteiger partial charge on any atom is 0.311 e. The number of rotatable bonds is 5. The monoisotopic (exact) mass is 305 g/mol. The van der Waals surface area contributed by atoms with Gasteiger partial charge in [-0.15, -0.1) is 11.8 Å². The van der Waals surface area contributed by atoms with E-state index in [1.54, 1.807) is 36.9 Å². The molecule has 1 N–H and O–H groups in total. The third-order valence-corrected chi connectivity index (χ3v) is 3.69. The molecule has 0 aliphatic heterocycles. The lowest BCUT2D eigenvalue weighted by atomic mass is 10.1. The van der Waals surface area contributed by atoms with Gasteiger partial charge in [-0.3, -0.25) is 10.1 Å². The molecule has 0 aromatic heterocycles. The second kappa shape index (κ2) is 6.60. The molecule has 0 fully saturated rings. The summed E-state index contributed by atoms with van der Waals surface area (Å²) < 4.78 is 5.57. The number of hydrogen-bond acceptors (Lipinski definition) is 5. The van der Waals surface area contributed by atoms with Crippen LogP contribution in [0.25, 0.3) is 0 Å². The van der Waals surface area contributed by atoms with Crippen LogP contribution in [0.15, 0.2) is 47.4 Å². The highest BCUT2D eigenvalue weighted by molar-refractivity contribution is 7.98. The second-order valence-corrected chi connectivity index (χ2v) is 5.32. The molecule has 2 aromatic rings. The lowest BCUT2D eigenvalue weighted by Gasteiger charge is -2.09. The van der Waals surface area contributed by atoms with Crippen molar-refractivity contribution in [3.8, 4) is 11.5 Å². The maximum absolute atomic E-state index is 11.1. The average Bonchev–Trinajstić information content (AvgIpc) is 2.48. The topological polar surface area (TPSA) is 72.6 Å². The van der Waals surface area contributed by atoms with Gasteiger partial charge in [0.15, 0.2) is 0 Å². The quantitative estimate of drug-likeness (QED) is 0.510. The van der Waals surface area contributed by atoms with Crippen LogP contribution in [-0.4, -0.2) is 16.3 Å². The number of nitro groups is 1. The maximum atomic E-state index is 11.1. The highest BCUT2D eigenvalue weighted by Gasteiger charge is 2.18. The van der Waals surface area contributed by atoms with Gasteiger partial charge in [-0.25, -0.2) is 0 Å². The van der Waals surface area contributed by atoms with E-state index in [0.717, 1.165) is 4.90 Å². The standard InChI is InChI=1S/C15H15NO4S/c1-10(17)11-3-8-15(14(9-11)16(18)19)20-12-4-6-13(21-2)7-5-12/h3-10,17H,1-2H3. The molecule has 0 saturated carbocycles. The number of thioether (sulfide) groups is 1. The van der Waals surface area contributed by atoms with Crippen LogP contribution in [0.2, 0.25) is 0 Å². The van der Waals surface area contributed by atoms with Crippen LogP contribution in [0.1, 0.15) is 18.6 Å². The van der Waals surface area contributed by atoms with Gasteiger partial charge in [0, 0.05) is 11.0 Å². The normalized spacial score (nSPS) is 12.0. The van der Waals surface area contributed by atoms with Gasteiger partial charge in [-0.1, -0.05) is 6.07 Å². The molecular weight excluding hydrogens is 290 g/mol. The fraction of sp³-hybridized carbons (Fsp3) is 0.200. The first-order valence-corrected chi connectivity index (χ1v) is 7.52. The average molecular weight is 305 g/mol. The zero-order valence-electron chi connectivity index (χ0n) is 11.6. The van der Waals surface area contributed by atoms with Gasteiger partial charge in [0.05, 0.1) is 11.0 Å². The van der Waals surface area contributed by atoms with Gasteiger partial charge in [-0.05, 0) is 49.1 Å². The van der Waals surface area contributed by atoms with E-state index in [9.17, 15) is 15.2 Å². The van der Waals surface area contributed by atoms with Crippen molar-refractivity contribution in [2.24, 2.45) is 0 Å². The Balaban J connectivity index is 2.31. The summed E-state index contributed by atoms with van der Waals surface area (Å²) in [7, 11) is 0. The molecule has 0 amide bonds. The van der Waals surface area contributed by atoms with E-state index in [0.29, 0.717) is 11.3 Å². The predicted molar refractivity (Wildman–Crippen MR) is 82.0 cm³/mol. The molecule has 0 heterocycles. The summed E-state index contributed by atoms with van der Waals surface area (Å²) in [5.74, 6) is 0.682. The molecule has 2 rings (SSSR count). The SMILES string of the molecule is CSc1ccc(Oc2ccc(C(C)O)cc2[N+](=O)[O-])cc1. The Labute approximate surface area is 126 Å². The molecule has 0 saturated heterocycles. The number of benzene rings is 2. The molecule has 6 heteroatoms. The first-order valence-electron chi connectivity index (χ1n) is 6.29. The Kier molecular flexibility index (Phi) is 4.82. The molecule has 0 bridgehead atoms.